The molecule has 1 fully saturated rings. The van der Waals surface area contributed by atoms with E-state index in [1.165, 1.54) is 0 Å². The summed E-state index contributed by atoms with van der Waals surface area (Å²) in [5.74, 6) is 2.09. The molecule has 3 rings (SSSR count). The Kier molecular flexibility index (Phi) is 7.03. The normalized spacial score (nSPS) is 21.3. The van der Waals surface area contributed by atoms with Crippen molar-refractivity contribution < 1.29 is 9.53 Å². The van der Waals surface area contributed by atoms with E-state index in [2.05, 4.69) is 31.8 Å². The highest BCUT2D eigenvalue weighted by molar-refractivity contribution is 6.02. The van der Waals surface area contributed by atoms with Gasteiger partial charge in [-0.3, -0.25) is 9.79 Å². The molecule has 1 saturated carbocycles. The quantitative estimate of drug-likeness (QED) is 0.418. The van der Waals surface area contributed by atoms with E-state index in [4.69, 9.17) is 4.74 Å². The highest BCUT2D eigenvalue weighted by Gasteiger charge is 2.32. The van der Waals surface area contributed by atoms with Gasteiger partial charge in [0.05, 0.1) is 12.3 Å². The zero-order valence-electron chi connectivity index (χ0n) is 17.9. The Hall–Kier alpha value is -2.68. The molecule has 1 aliphatic carbocycles. The van der Waals surface area contributed by atoms with Crippen LogP contribution in [0.4, 0.5) is 5.69 Å². The van der Waals surface area contributed by atoms with E-state index in [-0.39, 0.29) is 5.92 Å². The van der Waals surface area contributed by atoms with Crippen LogP contribution in [0.25, 0.3) is 6.08 Å². The van der Waals surface area contributed by atoms with Gasteiger partial charge >= 0.3 is 0 Å². The fourth-order valence-corrected chi connectivity index (χ4v) is 3.82. The van der Waals surface area contributed by atoms with Gasteiger partial charge in [0.1, 0.15) is 5.75 Å². The number of benzene rings is 2. The number of carbonyl (C=O) groups excluding carboxylic acids is 1. The number of hydrogen-bond acceptors (Lipinski definition) is 3. The fourth-order valence-electron chi connectivity index (χ4n) is 3.82. The van der Waals surface area contributed by atoms with Gasteiger partial charge < -0.3 is 4.74 Å². The summed E-state index contributed by atoms with van der Waals surface area (Å²) in [5, 5.41) is 0. The summed E-state index contributed by atoms with van der Waals surface area (Å²) in [6, 6.07) is 16.0. The number of aliphatic imine (C=N–C) groups is 1. The Morgan fingerprint density at radius 1 is 1.03 bits per heavy atom. The number of rotatable bonds is 6. The van der Waals surface area contributed by atoms with Crippen molar-refractivity contribution >= 4 is 23.8 Å². The van der Waals surface area contributed by atoms with Crippen molar-refractivity contribution in [2.45, 2.75) is 40.5 Å². The molecule has 0 aliphatic heterocycles. The molecular formula is C26H31NO2. The molecule has 2 unspecified atom stereocenters. The molecule has 152 valence electrons. The van der Waals surface area contributed by atoms with Gasteiger partial charge in [0.25, 0.3) is 0 Å². The lowest BCUT2D eigenvalue weighted by Gasteiger charge is -2.30. The number of carbonyl (C=O) groups is 1. The molecule has 0 bridgehead atoms. The van der Waals surface area contributed by atoms with Crippen LogP contribution in [0.3, 0.4) is 0 Å². The van der Waals surface area contributed by atoms with Crippen LogP contribution >= 0.6 is 0 Å². The van der Waals surface area contributed by atoms with Crippen LogP contribution in [0.1, 0.15) is 51.7 Å². The molecule has 0 spiro atoms. The third-order valence-electron chi connectivity index (χ3n) is 5.64. The van der Waals surface area contributed by atoms with E-state index in [1.807, 2.05) is 61.7 Å². The molecule has 1 aliphatic rings. The standard InChI is InChI=1S/C26H31NO2/c1-5-29-23-13-9-21(10-14-23)17-27-22-11-7-20(8-12-22)16-25-19(4)6-15-24(18(2)3)26(25)28/h7-14,16-19,24H,5-6,15H2,1-4H3/b25-16+,27-17?. The summed E-state index contributed by atoms with van der Waals surface area (Å²) in [7, 11) is 0. The number of ketones is 1. The maximum absolute atomic E-state index is 12.9. The summed E-state index contributed by atoms with van der Waals surface area (Å²) in [4.78, 5) is 17.4. The number of hydrogen-bond donors (Lipinski definition) is 0. The van der Waals surface area contributed by atoms with E-state index in [0.29, 0.717) is 24.2 Å². The average Bonchev–Trinajstić information content (AvgIpc) is 2.71. The van der Waals surface area contributed by atoms with Gasteiger partial charge in [-0.2, -0.15) is 0 Å². The van der Waals surface area contributed by atoms with Gasteiger partial charge in [0, 0.05) is 12.1 Å². The summed E-state index contributed by atoms with van der Waals surface area (Å²) in [6.07, 6.45) is 6.02. The summed E-state index contributed by atoms with van der Waals surface area (Å²) in [6.45, 7) is 9.09. The van der Waals surface area contributed by atoms with E-state index >= 15 is 0 Å². The monoisotopic (exact) mass is 389 g/mol. The Morgan fingerprint density at radius 3 is 2.31 bits per heavy atom. The molecule has 3 heteroatoms. The first-order valence-corrected chi connectivity index (χ1v) is 10.6. The minimum absolute atomic E-state index is 0.162. The van der Waals surface area contributed by atoms with E-state index in [9.17, 15) is 4.79 Å². The lowest BCUT2D eigenvalue weighted by atomic mass is 9.73. The SMILES string of the molecule is CCOc1ccc(C=Nc2ccc(/C=C3/C(=O)C(C(C)C)CCC3C)cc2)cc1. The molecule has 0 radical (unpaired) electrons. The Bertz CT molecular complexity index is 876. The highest BCUT2D eigenvalue weighted by Crippen LogP contribution is 2.35. The molecule has 2 aromatic carbocycles. The summed E-state index contributed by atoms with van der Waals surface area (Å²) in [5.41, 5.74) is 3.95. The molecule has 0 saturated heterocycles. The van der Waals surface area contributed by atoms with Gasteiger partial charge in [-0.05, 0) is 90.8 Å². The molecule has 0 N–H and O–H groups in total. The molecule has 0 aromatic heterocycles. The van der Waals surface area contributed by atoms with E-state index in [1.54, 1.807) is 0 Å². The molecule has 2 aromatic rings. The maximum atomic E-state index is 12.9. The van der Waals surface area contributed by atoms with Crippen molar-refractivity contribution in [1.82, 2.24) is 0 Å². The minimum atomic E-state index is 0.162. The Balaban J connectivity index is 1.71. The fraction of sp³-hybridized carbons (Fsp3) is 0.385. The number of Topliss-reactive ketones (excluding diaryl/α,β-unsaturated/α-hetero) is 1. The van der Waals surface area contributed by atoms with Gasteiger partial charge in [0.2, 0.25) is 0 Å². The van der Waals surface area contributed by atoms with Crippen LogP contribution in [0.2, 0.25) is 0 Å². The zero-order valence-corrected chi connectivity index (χ0v) is 17.9. The third-order valence-corrected chi connectivity index (χ3v) is 5.64. The second-order valence-electron chi connectivity index (χ2n) is 8.14. The van der Waals surface area contributed by atoms with Gasteiger partial charge in [-0.15, -0.1) is 0 Å². The van der Waals surface area contributed by atoms with Crippen molar-refractivity contribution in [2.24, 2.45) is 22.7 Å². The molecular weight excluding hydrogens is 358 g/mol. The number of nitrogens with zero attached hydrogens (tertiary/aromatic N) is 1. The molecule has 0 amide bonds. The average molecular weight is 390 g/mol. The molecule has 2 atom stereocenters. The topological polar surface area (TPSA) is 38.7 Å². The van der Waals surface area contributed by atoms with Crippen LogP contribution in [0, 0.1) is 17.8 Å². The molecule has 0 heterocycles. The first kappa shape index (κ1) is 21.0. The largest absolute Gasteiger partial charge is 0.494 e. The second-order valence-corrected chi connectivity index (χ2v) is 8.14. The molecule has 3 nitrogen and oxygen atoms in total. The van der Waals surface area contributed by atoms with Crippen molar-refractivity contribution in [3.8, 4) is 5.75 Å². The predicted octanol–water partition coefficient (Wildman–Crippen LogP) is 6.49. The lowest BCUT2D eigenvalue weighted by molar-refractivity contribution is -0.122. The van der Waals surface area contributed by atoms with Gasteiger partial charge in [-0.1, -0.05) is 32.9 Å². The first-order valence-electron chi connectivity index (χ1n) is 10.6. The third kappa shape index (κ3) is 5.44. The van der Waals surface area contributed by atoms with Crippen LogP contribution in [0.5, 0.6) is 5.75 Å². The van der Waals surface area contributed by atoms with Crippen molar-refractivity contribution in [3.63, 3.8) is 0 Å². The summed E-state index contributed by atoms with van der Waals surface area (Å²) >= 11 is 0. The minimum Gasteiger partial charge on any atom is -0.494 e. The Labute approximate surface area is 174 Å². The van der Waals surface area contributed by atoms with Crippen molar-refractivity contribution in [1.29, 1.82) is 0 Å². The smallest absolute Gasteiger partial charge is 0.162 e. The van der Waals surface area contributed by atoms with Gasteiger partial charge in [0.15, 0.2) is 5.78 Å². The van der Waals surface area contributed by atoms with E-state index < -0.39 is 0 Å². The van der Waals surface area contributed by atoms with Crippen LogP contribution < -0.4 is 4.74 Å². The summed E-state index contributed by atoms with van der Waals surface area (Å²) < 4.78 is 5.46. The van der Waals surface area contributed by atoms with Crippen LogP contribution in [0.15, 0.2) is 59.1 Å². The van der Waals surface area contributed by atoms with E-state index in [0.717, 1.165) is 41.0 Å². The van der Waals surface area contributed by atoms with Crippen LogP contribution in [-0.4, -0.2) is 18.6 Å². The Morgan fingerprint density at radius 2 is 1.69 bits per heavy atom. The van der Waals surface area contributed by atoms with Gasteiger partial charge in [-0.25, -0.2) is 0 Å². The first-order chi connectivity index (χ1) is 14.0. The maximum Gasteiger partial charge on any atom is 0.162 e. The number of allylic oxidation sites excluding steroid dienone is 1. The lowest BCUT2D eigenvalue weighted by Crippen LogP contribution is -2.30. The van der Waals surface area contributed by atoms with Crippen molar-refractivity contribution in [2.75, 3.05) is 6.61 Å². The molecule has 29 heavy (non-hydrogen) atoms. The predicted molar refractivity (Wildman–Crippen MR) is 121 cm³/mol. The van der Waals surface area contributed by atoms with Crippen molar-refractivity contribution in [3.05, 3.63) is 65.2 Å². The zero-order chi connectivity index (χ0) is 20.8. The highest BCUT2D eigenvalue weighted by atomic mass is 16.5. The second kappa shape index (κ2) is 9.69. The van der Waals surface area contributed by atoms with Crippen LogP contribution in [-0.2, 0) is 4.79 Å². The number of ether oxygens (including phenoxy) is 1.